The molecular formula is C16H13NO2S. The van der Waals surface area contributed by atoms with Crippen LogP contribution < -0.4 is 0 Å². The molecule has 0 unspecified atom stereocenters. The second-order valence-corrected chi connectivity index (χ2v) is 5.32. The van der Waals surface area contributed by atoms with E-state index in [9.17, 15) is 4.79 Å². The summed E-state index contributed by atoms with van der Waals surface area (Å²) >= 11 is 1.58. The van der Waals surface area contributed by atoms with Crippen LogP contribution in [0.5, 0.6) is 0 Å². The Kier molecular flexibility index (Phi) is 3.48. The fraction of sp³-hybridized carbons (Fsp3) is 0.125. The van der Waals surface area contributed by atoms with Gasteiger partial charge in [0.1, 0.15) is 5.01 Å². The van der Waals surface area contributed by atoms with E-state index in [4.69, 9.17) is 4.74 Å². The van der Waals surface area contributed by atoms with E-state index in [-0.39, 0.29) is 5.97 Å². The Hall–Kier alpha value is -2.20. The van der Waals surface area contributed by atoms with Crippen molar-refractivity contribution in [2.75, 3.05) is 6.61 Å². The van der Waals surface area contributed by atoms with Gasteiger partial charge in [-0.15, -0.1) is 11.3 Å². The van der Waals surface area contributed by atoms with E-state index < -0.39 is 0 Å². The molecule has 3 rings (SSSR count). The maximum absolute atomic E-state index is 11.7. The van der Waals surface area contributed by atoms with Crippen molar-refractivity contribution in [2.45, 2.75) is 6.92 Å². The summed E-state index contributed by atoms with van der Waals surface area (Å²) in [6, 6.07) is 15.5. The third-order valence-corrected chi connectivity index (χ3v) is 3.99. The predicted octanol–water partition coefficient (Wildman–Crippen LogP) is 4.14. The van der Waals surface area contributed by atoms with E-state index in [1.54, 1.807) is 24.3 Å². The van der Waals surface area contributed by atoms with Crippen molar-refractivity contribution in [3.8, 4) is 10.6 Å². The van der Waals surface area contributed by atoms with Gasteiger partial charge in [0.25, 0.3) is 0 Å². The Morgan fingerprint density at radius 3 is 2.75 bits per heavy atom. The number of hydrogen-bond acceptors (Lipinski definition) is 4. The molecule has 0 radical (unpaired) electrons. The smallest absolute Gasteiger partial charge is 0.338 e. The third kappa shape index (κ3) is 2.42. The van der Waals surface area contributed by atoms with Gasteiger partial charge in [-0.05, 0) is 25.1 Å². The van der Waals surface area contributed by atoms with Gasteiger partial charge in [-0.25, -0.2) is 9.78 Å². The molecule has 3 nitrogen and oxygen atoms in total. The van der Waals surface area contributed by atoms with E-state index in [0.717, 1.165) is 20.8 Å². The van der Waals surface area contributed by atoms with Gasteiger partial charge in [-0.1, -0.05) is 30.3 Å². The minimum Gasteiger partial charge on any atom is -0.462 e. The van der Waals surface area contributed by atoms with Crippen LogP contribution in [-0.4, -0.2) is 17.6 Å². The van der Waals surface area contributed by atoms with E-state index in [2.05, 4.69) is 4.98 Å². The highest BCUT2D eigenvalue weighted by Crippen LogP contribution is 2.30. The molecule has 1 heterocycles. The van der Waals surface area contributed by atoms with Gasteiger partial charge in [0.2, 0.25) is 0 Å². The van der Waals surface area contributed by atoms with Crippen molar-refractivity contribution in [3.05, 3.63) is 54.1 Å². The molecule has 0 amide bonds. The van der Waals surface area contributed by atoms with Crippen molar-refractivity contribution in [1.29, 1.82) is 0 Å². The molecule has 20 heavy (non-hydrogen) atoms. The highest BCUT2D eigenvalue weighted by molar-refractivity contribution is 7.21. The second-order valence-electron chi connectivity index (χ2n) is 4.29. The minimum absolute atomic E-state index is 0.288. The van der Waals surface area contributed by atoms with Crippen LogP contribution in [0.25, 0.3) is 20.8 Å². The molecule has 1 aromatic heterocycles. The number of fused-ring (bicyclic) bond motifs is 1. The van der Waals surface area contributed by atoms with Crippen molar-refractivity contribution >= 4 is 27.5 Å². The number of thiazole rings is 1. The van der Waals surface area contributed by atoms with Crippen LogP contribution in [0.2, 0.25) is 0 Å². The van der Waals surface area contributed by atoms with Crippen molar-refractivity contribution in [2.24, 2.45) is 0 Å². The number of ether oxygens (including phenoxy) is 1. The second kappa shape index (κ2) is 5.43. The molecule has 0 aliphatic rings. The zero-order valence-electron chi connectivity index (χ0n) is 11.0. The summed E-state index contributed by atoms with van der Waals surface area (Å²) < 4.78 is 6.01. The molecule has 0 aliphatic carbocycles. The predicted molar refractivity (Wildman–Crippen MR) is 81.0 cm³/mol. The van der Waals surface area contributed by atoms with Gasteiger partial charge in [-0.2, -0.15) is 0 Å². The highest BCUT2D eigenvalue weighted by Gasteiger charge is 2.10. The van der Waals surface area contributed by atoms with Crippen molar-refractivity contribution in [1.82, 2.24) is 4.98 Å². The number of carbonyl (C=O) groups excluding carboxylic acids is 1. The number of esters is 1. The summed E-state index contributed by atoms with van der Waals surface area (Å²) in [5.41, 5.74) is 2.57. The number of rotatable bonds is 3. The SMILES string of the molecule is CCOC(=O)c1ccc2nc(-c3ccccc3)sc2c1. The van der Waals surface area contributed by atoms with Gasteiger partial charge in [-0.3, -0.25) is 0 Å². The number of carbonyl (C=O) groups is 1. The average molecular weight is 283 g/mol. The van der Waals surface area contributed by atoms with E-state index in [0.29, 0.717) is 12.2 Å². The normalized spacial score (nSPS) is 10.7. The fourth-order valence-corrected chi connectivity index (χ4v) is 2.98. The maximum Gasteiger partial charge on any atom is 0.338 e. The van der Waals surface area contributed by atoms with Gasteiger partial charge in [0.05, 0.1) is 22.4 Å². The topological polar surface area (TPSA) is 39.2 Å². The van der Waals surface area contributed by atoms with Crippen LogP contribution in [0, 0.1) is 0 Å². The molecule has 2 aromatic carbocycles. The number of aromatic nitrogens is 1. The molecule has 0 spiro atoms. The molecule has 100 valence electrons. The number of hydrogen-bond donors (Lipinski definition) is 0. The lowest BCUT2D eigenvalue weighted by Crippen LogP contribution is -2.03. The van der Waals surface area contributed by atoms with Crippen molar-refractivity contribution < 1.29 is 9.53 Å². The molecule has 4 heteroatoms. The van der Waals surface area contributed by atoms with Gasteiger partial charge >= 0.3 is 5.97 Å². The van der Waals surface area contributed by atoms with E-state index in [1.807, 2.05) is 42.5 Å². The minimum atomic E-state index is -0.288. The monoisotopic (exact) mass is 283 g/mol. The largest absolute Gasteiger partial charge is 0.462 e. The summed E-state index contributed by atoms with van der Waals surface area (Å²) in [6.07, 6.45) is 0. The molecule has 0 aliphatic heterocycles. The van der Waals surface area contributed by atoms with Crippen LogP contribution >= 0.6 is 11.3 Å². The quantitative estimate of drug-likeness (QED) is 0.678. The molecule has 0 saturated carbocycles. The molecule has 0 atom stereocenters. The van der Waals surface area contributed by atoms with Crippen LogP contribution in [0.15, 0.2) is 48.5 Å². The molecule has 0 N–H and O–H groups in total. The average Bonchev–Trinajstić information content (AvgIpc) is 2.91. The lowest BCUT2D eigenvalue weighted by molar-refractivity contribution is 0.0526. The lowest BCUT2D eigenvalue weighted by atomic mass is 10.2. The number of nitrogens with zero attached hydrogens (tertiary/aromatic N) is 1. The Bertz CT molecular complexity index is 750. The zero-order valence-corrected chi connectivity index (χ0v) is 11.8. The van der Waals surface area contributed by atoms with E-state index in [1.165, 1.54) is 0 Å². The van der Waals surface area contributed by atoms with Crippen LogP contribution in [-0.2, 0) is 4.74 Å². The summed E-state index contributed by atoms with van der Waals surface area (Å²) in [6.45, 7) is 2.19. The van der Waals surface area contributed by atoms with Crippen LogP contribution in [0.3, 0.4) is 0 Å². The molecule has 3 aromatic rings. The highest BCUT2D eigenvalue weighted by atomic mass is 32.1. The first-order valence-corrected chi connectivity index (χ1v) is 7.22. The zero-order chi connectivity index (χ0) is 13.9. The summed E-state index contributed by atoms with van der Waals surface area (Å²) in [7, 11) is 0. The first kappa shape index (κ1) is 12.8. The fourth-order valence-electron chi connectivity index (χ4n) is 1.97. The Labute approximate surface area is 120 Å². The molecular weight excluding hydrogens is 270 g/mol. The van der Waals surface area contributed by atoms with Crippen molar-refractivity contribution in [3.63, 3.8) is 0 Å². The van der Waals surface area contributed by atoms with Gasteiger partial charge in [0.15, 0.2) is 0 Å². The first-order valence-electron chi connectivity index (χ1n) is 6.41. The van der Waals surface area contributed by atoms with Gasteiger partial charge in [0, 0.05) is 5.56 Å². The number of benzene rings is 2. The van der Waals surface area contributed by atoms with Gasteiger partial charge < -0.3 is 4.74 Å². The van der Waals surface area contributed by atoms with Crippen LogP contribution in [0.1, 0.15) is 17.3 Å². The Morgan fingerprint density at radius 1 is 1.20 bits per heavy atom. The summed E-state index contributed by atoms with van der Waals surface area (Å²) in [4.78, 5) is 16.3. The molecule has 0 saturated heterocycles. The third-order valence-electron chi connectivity index (χ3n) is 2.92. The molecule has 0 fully saturated rings. The molecule has 0 bridgehead atoms. The van der Waals surface area contributed by atoms with E-state index >= 15 is 0 Å². The standard InChI is InChI=1S/C16H13NO2S/c1-2-19-16(18)12-8-9-13-14(10-12)20-15(17-13)11-6-4-3-5-7-11/h3-10H,2H2,1H3. The van der Waals surface area contributed by atoms with Crippen LogP contribution in [0.4, 0.5) is 0 Å². The lowest BCUT2D eigenvalue weighted by Gasteiger charge is -2.00. The summed E-state index contributed by atoms with van der Waals surface area (Å²) in [5.74, 6) is -0.288. The first-order chi connectivity index (χ1) is 9.78. The Balaban J connectivity index is 2.02. The summed E-state index contributed by atoms with van der Waals surface area (Å²) in [5, 5.41) is 0.960. The maximum atomic E-state index is 11.7. The Morgan fingerprint density at radius 2 is 2.00 bits per heavy atom.